The Kier molecular flexibility index (Phi) is 7.99. The first-order chi connectivity index (χ1) is 13.7. The summed E-state index contributed by atoms with van der Waals surface area (Å²) < 4.78 is 0. The van der Waals surface area contributed by atoms with E-state index in [-0.39, 0.29) is 30.1 Å². The van der Waals surface area contributed by atoms with Crippen LogP contribution in [-0.2, 0) is 22.6 Å². The highest BCUT2D eigenvalue weighted by molar-refractivity contribution is 6.35. The summed E-state index contributed by atoms with van der Waals surface area (Å²) >= 11 is 12.2. The van der Waals surface area contributed by atoms with Gasteiger partial charge < -0.3 is 10.2 Å². The van der Waals surface area contributed by atoms with Crippen molar-refractivity contribution in [3.8, 4) is 0 Å². The molecule has 0 bridgehead atoms. The number of nitrogens with zero attached hydrogens (tertiary/aromatic N) is 2. The van der Waals surface area contributed by atoms with Crippen LogP contribution in [0.5, 0.6) is 0 Å². The largest absolute Gasteiger partial charge is 0.355 e. The van der Waals surface area contributed by atoms with Crippen molar-refractivity contribution < 1.29 is 14.5 Å². The summed E-state index contributed by atoms with van der Waals surface area (Å²) in [5.74, 6) is -0.752. The van der Waals surface area contributed by atoms with Gasteiger partial charge in [-0.25, -0.2) is 0 Å². The Bertz CT molecular complexity index is 920. The van der Waals surface area contributed by atoms with Crippen LogP contribution >= 0.6 is 23.2 Å². The molecule has 154 valence electrons. The monoisotopic (exact) mass is 437 g/mol. The SMILES string of the molecule is CCNC(=O)[C@@H](C)N(Cc1ccc(Cl)cc1Cl)C(=O)Cc1ccccc1[N+](=O)[O-]. The van der Waals surface area contributed by atoms with E-state index in [1.807, 2.05) is 0 Å². The smallest absolute Gasteiger partial charge is 0.273 e. The van der Waals surface area contributed by atoms with Crippen LogP contribution in [0.25, 0.3) is 0 Å². The van der Waals surface area contributed by atoms with Crippen molar-refractivity contribution in [2.24, 2.45) is 0 Å². The number of hydrogen-bond donors (Lipinski definition) is 1. The summed E-state index contributed by atoms with van der Waals surface area (Å²) in [6.45, 7) is 3.86. The van der Waals surface area contributed by atoms with E-state index < -0.39 is 16.9 Å². The molecule has 0 unspecified atom stereocenters. The molecule has 0 aliphatic rings. The molecule has 0 spiro atoms. The lowest BCUT2D eigenvalue weighted by molar-refractivity contribution is -0.385. The third-order valence-corrected chi connectivity index (χ3v) is 4.99. The number of benzene rings is 2. The molecule has 2 amide bonds. The van der Waals surface area contributed by atoms with Crippen molar-refractivity contribution in [1.29, 1.82) is 0 Å². The molecule has 0 heterocycles. The Morgan fingerprint density at radius 2 is 1.86 bits per heavy atom. The molecule has 7 nitrogen and oxygen atoms in total. The number of carbonyl (C=O) groups excluding carboxylic acids is 2. The Labute approximate surface area is 178 Å². The number of carbonyl (C=O) groups is 2. The number of nitrogens with one attached hydrogen (secondary N) is 1. The second kappa shape index (κ2) is 10.2. The quantitative estimate of drug-likeness (QED) is 0.498. The fourth-order valence-electron chi connectivity index (χ4n) is 2.84. The zero-order valence-corrected chi connectivity index (χ0v) is 17.5. The number of amides is 2. The summed E-state index contributed by atoms with van der Waals surface area (Å²) in [6.07, 6.45) is -0.216. The maximum atomic E-state index is 13.1. The zero-order valence-electron chi connectivity index (χ0n) is 16.0. The minimum atomic E-state index is -0.794. The van der Waals surface area contributed by atoms with Crippen LogP contribution in [0.15, 0.2) is 42.5 Å². The van der Waals surface area contributed by atoms with Crippen LogP contribution in [0.2, 0.25) is 10.0 Å². The lowest BCUT2D eigenvalue weighted by atomic mass is 10.1. The van der Waals surface area contributed by atoms with E-state index in [1.165, 1.54) is 23.1 Å². The summed E-state index contributed by atoms with van der Waals surface area (Å²) in [7, 11) is 0. The second-order valence-corrected chi connectivity index (χ2v) is 7.23. The number of nitro benzene ring substituents is 1. The summed E-state index contributed by atoms with van der Waals surface area (Å²) in [5.41, 5.74) is 0.747. The fourth-order valence-corrected chi connectivity index (χ4v) is 3.31. The van der Waals surface area contributed by atoms with E-state index in [9.17, 15) is 19.7 Å². The van der Waals surface area contributed by atoms with E-state index >= 15 is 0 Å². The van der Waals surface area contributed by atoms with Crippen LogP contribution in [0.3, 0.4) is 0 Å². The molecule has 2 rings (SSSR count). The minimum Gasteiger partial charge on any atom is -0.355 e. The zero-order chi connectivity index (χ0) is 21.6. The molecule has 0 saturated heterocycles. The summed E-state index contributed by atoms with van der Waals surface area (Å²) in [6, 6.07) is 10.1. The standard InChI is InChI=1S/C20H21Cl2N3O4/c1-3-23-20(27)13(2)24(12-15-8-9-16(21)11-17(15)22)19(26)10-14-6-4-5-7-18(14)25(28)29/h4-9,11,13H,3,10,12H2,1-2H3,(H,23,27)/t13-/m1/s1. The van der Waals surface area contributed by atoms with Gasteiger partial charge in [0.05, 0.1) is 11.3 Å². The van der Waals surface area contributed by atoms with Gasteiger partial charge in [0.15, 0.2) is 0 Å². The highest BCUT2D eigenvalue weighted by Crippen LogP contribution is 2.24. The van der Waals surface area contributed by atoms with Crippen LogP contribution < -0.4 is 5.32 Å². The van der Waals surface area contributed by atoms with E-state index in [1.54, 1.807) is 38.1 Å². The first-order valence-electron chi connectivity index (χ1n) is 8.98. The molecule has 1 N–H and O–H groups in total. The molecule has 29 heavy (non-hydrogen) atoms. The van der Waals surface area contributed by atoms with Gasteiger partial charge in [-0.15, -0.1) is 0 Å². The average molecular weight is 438 g/mol. The lowest BCUT2D eigenvalue weighted by Crippen LogP contribution is -2.48. The molecule has 0 radical (unpaired) electrons. The van der Waals surface area contributed by atoms with Crippen molar-refractivity contribution in [3.05, 3.63) is 73.8 Å². The van der Waals surface area contributed by atoms with Crippen molar-refractivity contribution in [2.75, 3.05) is 6.54 Å². The molecule has 0 aliphatic heterocycles. The highest BCUT2D eigenvalue weighted by Gasteiger charge is 2.28. The lowest BCUT2D eigenvalue weighted by Gasteiger charge is -2.29. The fraction of sp³-hybridized carbons (Fsp3) is 0.300. The van der Waals surface area contributed by atoms with Gasteiger partial charge >= 0.3 is 0 Å². The Balaban J connectivity index is 2.34. The molecule has 2 aromatic rings. The Hall–Kier alpha value is -2.64. The van der Waals surface area contributed by atoms with Gasteiger partial charge in [-0.1, -0.05) is 47.5 Å². The molecule has 9 heteroatoms. The molecule has 0 fully saturated rings. The normalized spacial score (nSPS) is 11.6. The van der Waals surface area contributed by atoms with Crippen LogP contribution in [0.1, 0.15) is 25.0 Å². The third kappa shape index (κ3) is 5.92. The summed E-state index contributed by atoms with van der Waals surface area (Å²) in [5, 5.41) is 14.8. The average Bonchev–Trinajstić information content (AvgIpc) is 2.67. The first kappa shape index (κ1) is 22.6. The maximum Gasteiger partial charge on any atom is 0.273 e. The van der Waals surface area contributed by atoms with Gasteiger partial charge in [-0.05, 0) is 31.5 Å². The van der Waals surface area contributed by atoms with Gasteiger partial charge in [0.1, 0.15) is 6.04 Å². The van der Waals surface area contributed by atoms with Crippen LogP contribution in [0.4, 0.5) is 5.69 Å². The topological polar surface area (TPSA) is 92.6 Å². The third-order valence-electron chi connectivity index (χ3n) is 4.40. The van der Waals surface area contributed by atoms with Gasteiger partial charge in [-0.2, -0.15) is 0 Å². The van der Waals surface area contributed by atoms with Crippen molar-refractivity contribution in [3.63, 3.8) is 0 Å². The molecule has 1 atom stereocenters. The van der Waals surface area contributed by atoms with Crippen molar-refractivity contribution in [1.82, 2.24) is 10.2 Å². The maximum absolute atomic E-state index is 13.1. The first-order valence-corrected chi connectivity index (χ1v) is 9.73. The predicted molar refractivity (Wildman–Crippen MR) is 112 cm³/mol. The minimum absolute atomic E-state index is 0.0633. The van der Waals surface area contributed by atoms with E-state index in [0.717, 1.165) is 0 Å². The predicted octanol–water partition coefficient (Wildman–Crippen LogP) is 4.00. The Morgan fingerprint density at radius 3 is 2.48 bits per heavy atom. The van der Waals surface area contributed by atoms with E-state index in [0.29, 0.717) is 22.2 Å². The van der Waals surface area contributed by atoms with Crippen molar-refractivity contribution >= 4 is 40.7 Å². The van der Waals surface area contributed by atoms with Gasteiger partial charge in [0.25, 0.3) is 5.69 Å². The number of rotatable bonds is 8. The van der Waals surface area contributed by atoms with E-state index in [4.69, 9.17) is 23.2 Å². The number of para-hydroxylation sites is 1. The summed E-state index contributed by atoms with van der Waals surface area (Å²) in [4.78, 5) is 37.5. The van der Waals surface area contributed by atoms with Crippen molar-refractivity contribution in [2.45, 2.75) is 32.9 Å². The number of nitro groups is 1. The van der Waals surface area contributed by atoms with Gasteiger partial charge in [0.2, 0.25) is 11.8 Å². The van der Waals surface area contributed by atoms with Crippen LogP contribution in [0, 0.1) is 10.1 Å². The number of hydrogen-bond acceptors (Lipinski definition) is 4. The van der Waals surface area contributed by atoms with E-state index in [2.05, 4.69) is 5.32 Å². The number of likely N-dealkylation sites (N-methyl/N-ethyl adjacent to an activating group) is 1. The van der Waals surface area contributed by atoms with Crippen LogP contribution in [-0.4, -0.2) is 34.2 Å². The van der Waals surface area contributed by atoms with Gasteiger partial charge in [-0.3, -0.25) is 19.7 Å². The molecule has 0 saturated carbocycles. The molecular weight excluding hydrogens is 417 g/mol. The molecule has 0 aliphatic carbocycles. The van der Waals surface area contributed by atoms with Gasteiger partial charge in [0, 0.05) is 34.8 Å². The highest BCUT2D eigenvalue weighted by atomic mass is 35.5. The Morgan fingerprint density at radius 1 is 1.17 bits per heavy atom. The molecule has 2 aromatic carbocycles. The number of halogens is 2. The second-order valence-electron chi connectivity index (χ2n) is 6.39. The molecular formula is C20H21Cl2N3O4. The molecule has 0 aromatic heterocycles.